The lowest BCUT2D eigenvalue weighted by molar-refractivity contribution is -0.122. The molecule has 3 aromatic rings. The number of fused-ring (bicyclic) bond motifs is 1. The average Bonchev–Trinajstić information content (AvgIpc) is 3.18. The number of hydrogen-bond donors (Lipinski definition) is 0. The molecule has 0 atom stereocenters. The highest BCUT2D eigenvalue weighted by molar-refractivity contribution is 8.18. The molecule has 2 heterocycles. The van der Waals surface area contributed by atoms with E-state index in [1.165, 1.54) is 11.8 Å². The van der Waals surface area contributed by atoms with Crippen LogP contribution in [-0.2, 0) is 16.6 Å². The van der Waals surface area contributed by atoms with E-state index in [2.05, 4.69) is 27.9 Å². The normalized spacial score (nSPS) is 17.4. The fraction of sp³-hybridized carbons (Fsp3) is 0.182. The molecule has 0 aliphatic carbocycles. The molecule has 142 valence electrons. The number of ether oxygens (including phenoxy) is 1. The lowest BCUT2D eigenvalue weighted by Crippen LogP contribution is -2.32. The van der Waals surface area contributed by atoms with Gasteiger partial charge >= 0.3 is 0 Å². The Balaban J connectivity index is 1.72. The number of aryl methyl sites for hydroxylation is 1. The number of methoxy groups -OCH3 is 1. The Morgan fingerprint density at radius 2 is 1.86 bits per heavy atom. The molecule has 6 heteroatoms. The molecule has 0 bridgehead atoms. The van der Waals surface area contributed by atoms with Gasteiger partial charge in [0.1, 0.15) is 0 Å². The predicted molar refractivity (Wildman–Crippen MR) is 116 cm³/mol. The molecule has 1 aliphatic rings. The lowest BCUT2D eigenvalue weighted by atomic mass is 10.1. The van der Waals surface area contributed by atoms with Gasteiger partial charge in [0, 0.05) is 36.8 Å². The first-order valence-corrected chi connectivity index (χ1v) is 9.87. The number of para-hydroxylation sites is 2. The molecule has 0 saturated carbocycles. The Hall–Kier alpha value is -2.83. The van der Waals surface area contributed by atoms with Crippen LogP contribution in [0.1, 0.15) is 5.56 Å². The Labute approximate surface area is 168 Å². The van der Waals surface area contributed by atoms with Crippen molar-refractivity contribution in [2.45, 2.75) is 0 Å². The summed E-state index contributed by atoms with van der Waals surface area (Å²) in [6, 6.07) is 17.9. The minimum absolute atomic E-state index is 0.0373. The first-order valence-electron chi connectivity index (χ1n) is 9.05. The van der Waals surface area contributed by atoms with Gasteiger partial charge in [-0.1, -0.05) is 36.4 Å². The van der Waals surface area contributed by atoms with Crippen molar-refractivity contribution in [1.82, 2.24) is 9.47 Å². The van der Waals surface area contributed by atoms with Crippen LogP contribution in [0.15, 0.2) is 70.7 Å². The molecule has 0 radical (unpaired) electrons. The summed E-state index contributed by atoms with van der Waals surface area (Å²) in [6.45, 7) is 0.933. The second-order valence-corrected chi connectivity index (χ2v) is 7.51. The van der Waals surface area contributed by atoms with Crippen LogP contribution >= 0.6 is 11.8 Å². The zero-order valence-corrected chi connectivity index (χ0v) is 16.6. The summed E-state index contributed by atoms with van der Waals surface area (Å²) < 4.78 is 7.26. The van der Waals surface area contributed by atoms with E-state index in [0.29, 0.717) is 23.2 Å². The highest BCUT2D eigenvalue weighted by Gasteiger charge is 2.33. The van der Waals surface area contributed by atoms with Crippen molar-refractivity contribution in [3.8, 4) is 0 Å². The van der Waals surface area contributed by atoms with Crippen LogP contribution in [0.3, 0.4) is 0 Å². The standard InChI is InChI=1S/C22H21N3O2S/c1-24-15-16(18-10-6-7-11-19(18)24)14-20-21(26)25(12-13-27-2)22(28-20)23-17-8-4-3-5-9-17/h3-11,14-15H,12-13H2,1-2H3/b20-14-,23-22?. The van der Waals surface area contributed by atoms with E-state index in [-0.39, 0.29) is 5.91 Å². The third kappa shape index (κ3) is 3.61. The van der Waals surface area contributed by atoms with E-state index in [1.54, 1.807) is 12.0 Å². The number of nitrogens with zero attached hydrogens (tertiary/aromatic N) is 3. The SMILES string of the molecule is COCCN1C(=O)/C(=C/c2cn(C)c3ccccc23)SC1=Nc1ccccc1. The van der Waals surface area contributed by atoms with Gasteiger partial charge in [-0.25, -0.2) is 4.99 Å². The highest BCUT2D eigenvalue weighted by Crippen LogP contribution is 2.35. The van der Waals surface area contributed by atoms with E-state index in [4.69, 9.17) is 4.74 Å². The molecule has 1 aliphatic heterocycles. The molecule has 0 unspecified atom stereocenters. The van der Waals surface area contributed by atoms with Gasteiger partial charge in [-0.3, -0.25) is 9.69 Å². The minimum atomic E-state index is -0.0373. The summed E-state index contributed by atoms with van der Waals surface area (Å²) in [6.07, 6.45) is 4.01. The summed E-state index contributed by atoms with van der Waals surface area (Å²) in [5.41, 5.74) is 2.99. The fourth-order valence-corrected chi connectivity index (χ4v) is 4.23. The van der Waals surface area contributed by atoms with Crippen LogP contribution in [0, 0.1) is 0 Å². The van der Waals surface area contributed by atoms with Crippen molar-refractivity contribution in [1.29, 1.82) is 0 Å². The maximum atomic E-state index is 13.1. The molecule has 0 N–H and O–H groups in total. The second-order valence-electron chi connectivity index (χ2n) is 6.50. The number of aliphatic imine (C=N–C) groups is 1. The molecule has 1 aromatic heterocycles. The molecule has 1 fully saturated rings. The zero-order valence-electron chi connectivity index (χ0n) is 15.8. The number of hydrogen-bond acceptors (Lipinski definition) is 4. The van der Waals surface area contributed by atoms with Crippen molar-refractivity contribution in [3.05, 3.63) is 71.3 Å². The molecular formula is C22H21N3O2S. The minimum Gasteiger partial charge on any atom is -0.383 e. The van der Waals surface area contributed by atoms with E-state index >= 15 is 0 Å². The van der Waals surface area contributed by atoms with E-state index < -0.39 is 0 Å². The Morgan fingerprint density at radius 3 is 2.64 bits per heavy atom. The fourth-order valence-electron chi connectivity index (χ4n) is 3.21. The van der Waals surface area contributed by atoms with Crippen LogP contribution < -0.4 is 0 Å². The van der Waals surface area contributed by atoms with Crippen molar-refractivity contribution in [2.24, 2.45) is 12.0 Å². The van der Waals surface area contributed by atoms with Crippen LogP contribution in [0.5, 0.6) is 0 Å². The quantitative estimate of drug-likeness (QED) is 0.605. The zero-order chi connectivity index (χ0) is 19.5. The van der Waals surface area contributed by atoms with E-state index in [0.717, 1.165) is 22.2 Å². The van der Waals surface area contributed by atoms with Crippen molar-refractivity contribution in [3.63, 3.8) is 0 Å². The number of carbonyl (C=O) groups excluding carboxylic acids is 1. The molecule has 28 heavy (non-hydrogen) atoms. The number of aromatic nitrogens is 1. The molecule has 1 saturated heterocycles. The van der Waals surface area contributed by atoms with Crippen LogP contribution in [-0.4, -0.2) is 40.8 Å². The average molecular weight is 391 g/mol. The van der Waals surface area contributed by atoms with E-state index in [1.807, 2.05) is 55.6 Å². The third-order valence-corrected chi connectivity index (χ3v) is 5.61. The highest BCUT2D eigenvalue weighted by atomic mass is 32.2. The summed E-state index contributed by atoms with van der Waals surface area (Å²) in [7, 11) is 3.65. The van der Waals surface area contributed by atoms with Gasteiger partial charge in [-0.2, -0.15) is 0 Å². The number of benzene rings is 2. The smallest absolute Gasteiger partial charge is 0.266 e. The number of carbonyl (C=O) groups is 1. The molecule has 0 spiro atoms. The van der Waals surface area contributed by atoms with Crippen LogP contribution in [0.2, 0.25) is 0 Å². The largest absolute Gasteiger partial charge is 0.383 e. The van der Waals surface area contributed by atoms with Crippen molar-refractivity contribution in [2.75, 3.05) is 20.3 Å². The monoisotopic (exact) mass is 391 g/mol. The Bertz CT molecular complexity index is 1070. The van der Waals surface area contributed by atoms with Gasteiger partial charge < -0.3 is 9.30 Å². The van der Waals surface area contributed by atoms with Gasteiger partial charge in [0.15, 0.2) is 5.17 Å². The topological polar surface area (TPSA) is 46.8 Å². The van der Waals surface area contributed by atoms with Gasteiger partial charge in [0.2, 0.25) is 0 Å². The summed E-state index contributed by atoms with van der Waals surface area (Å²) in [5.74, 6) is -0.0373. The number of amides is 1. The van der Waals surface area contributed by atoms with Crippen molar-refractivity contribution >= 4 is 45.5 Å². The van der Waals surface area contributed by atoms with Crippen LogP contribution in [0.4, 0.5) is 5.69 Å². The molecule has 2 aromatic carbocycles. The number of amidine groups is 1. The predicted octanol–water partition coefficient (Wildman–Crippen LogP) is 4.43. The Kier molecular flexibility index (Phi) is 5.32. The second kappa shape index (κ2) is 8.04. The first kappa shape index (κ1) is 18.5. The molecule has 1 amide bonds. The first-order chi connectivity index (χ1) is 13.7. The number of rotatable bonds is 5. The summed E-state index contributed by atoms with van der Waals surface area (Å²) in [4.78, 5) is 20.1. The van der Waals surface area contributed by atoms with Gasteiger partial charge in [-0.05, 0) is 36.0 Å². The molecule has 4 rings (SSSR count). The van der Waals surface area contributed by atoms with Gasteiger partial charge in [0.05, 0.1) is 23.7 Å². The Morgan fingerprint density at radius 1 is 1.11 bits per heavy atom. The van der Waals surface area contributed by atoms with Crippen molar-refractivity contribution < 1.29 is 9.53 Å². The van der Waals surface area contributed by atoms with Crippen LogP contribution in [0.25, 0.3) is 17.0 Å². The third-order valence-electron chi connectivity index (χ3n) is 4.60. The van der Waals surface area contributed by atoms with E-state index in [9.17, 15) is 4.79 Å². The summed E-state index contributed by atoms with van der Waals surface area (Å²) in [5, 5.41) is 1.81. The van der Waals surface area contributed by atoms with Gasteiger partial charge in [-0.15, -0.1) is 0 Å². The summed E-state index contributed by atoms with van der Waals surface area (Å²) >= 11 is 1.41. The maximum Gasteiger partial charge on any atom is 0.266 e. The molecule has 5 nitrogen and oxygen atoms in total. The molecular weight excluding hydrogens is 370 g/mol. The van der Waals surface area contributed by atoms with Gasteiger partial charge in [0.25, 0.3) is 5.91 Å². The maximum absolute atomic E-state index is 13.1. The lowest BCUT2D eigenvalue weighted by Gasteiger charge is -2.14. The number of thioether (sulfide) groups is 1.